The Morgan fingerprint density at radius 2 is 2.17 bits per heavy atom. The average molecular weight is 324 g/mol. The predicted octanol–water partition coefficient (Wildman–Crippen LogP) is 3.41. The van der Waals surface area contributed by atoms with Gasteiger partial charge in [-0.1, -0.05) is 12.1 Å². The van der Waals surface area contributed by atoms with Gasteiger partial charge in [0.1, 0.15) is 17.3 Å². The third-order valence-electron chi connectivity index (χ3n) is 4.49. The molecule has 2 aromatic heterocycles. The van der Waals surface area contributed by atoms with Crippen LogP contribution in [0.5, 0.6) is 0 Å². The average Bonchev–Trinajstić information content (AvgIpc) is 3.21. The number of nitrogens with zero attached hydrogens (tertiary/aromatic N) is 4. The van der Waals surface area contributed by atoms with Gasteiger partial charge < -0.3 is 4.90 Å². The first-order valence-electron chi connectivity index (χ1n) is 8.01. The van der Waals surface area contributed by atoms with E-state index in [0.717, 1.165) is 30.8 Å². The maximum absolute atomic E-state index is 13.6. The molecule has 0 spiro atoms. The Bertz CT molecular complexity index is 920. The van der Waals surface area contributed by atoms with Crippen molar-refractivity contribution in [2.75, 3.05) is 11.4 Å². The second-order valence-corrected chi connectivity index (χ2v) is 6.07. The van der Waals surface area contributed by atoms with Gasteiger partial charge in [-0.15, -0.1) is 5.10 Å². The fourth-order valence-corrected chi connectivity index (χ4v) is 3.36. The summed E-state index contributed by atoms with van der Waals surface area (Å²) in [6, 6.07) is 10.6. The van der Waals surface area contributed by atoms with E-state index in [1.165, 1.54) is 13.0 Å². The lowest BCUT2D eigenvalue weighted by molar-refractivity contribution is 0.101. The summed E-state index contributed by atoms with van der Waals surface area (Å²) in [5.41, 5.74) is 2.06. The second-order valence-electron chi connectivity index (χ2n) is 6.07. The van der Waals surface area contributed by atoms with E-state index in [-0.39, 0.29) is 17.6 Å². The van der Waals surface area contributed by atoms with Crippen molar-refractivity contribution in [3.63, 3.8) is 0 Å². The molecule has 0 N–H and O–H groups in total. The van der Waals surface area contributed by atoms with Crippen molar-refractivity contribution in [1.82, 2.24) is 14.6 Å². The number of hydrogen-bond donors (Lipinski definition) is 0. The van der Waals surface area contributed by atoms with E-state index in [0.29, 0.717) is 11.3 Å². The van der Waals surface area contributed by atoms with Gasteiger partial charge in [-0.25, -0.2) is 13.9 Å². The zero-order chi connectivity index (χ0) is 16.7. The zero-order valence-corrected chi connectivity index (χ0v) is 13.3. The van der Waals surface area contributed by atoms with Gasteiger partial charge in [0, 0.05) is 13.5 Å². The molecule has 4 rings (SSSR count). The number of rotatable bonds is 3. The largest absolute Gasteiger partial charge is 0.348 e. The number of imidazole rings is 1. The summed E-state index contributed by atoms with van der Waals surface area (Å²) in [5.74, 6) is 0.473. The van der Waals surface area contributed by atoms with Crippen molar-refractivity contribution >= 4 is 17.2 Å². The van der Waals surface area contributed by atoms with Crippen LogP contribution in [0.4, 0.5) is 10.2 Å². The highest BCUT2D eigenvalue weighted by Crippen LogP contribution is 2.35. The lowest BCUT2D eigenvalue weighted by Crippen LogP contribution is -2.24. The molecule has 0 saturated carbocycles. The van der Waals surface area contributed by atoms with Crippen LogP contribution in [-0.4, -0.2) is 26.9 Å². The van der Waals surface area contributed by atoms with E-state index in [2.05, 4.69) is 15.0 Å². The minimum Gasteiger partial charge on any atom is -0.348 e. The molecule has 0 bridgehead atoms. The number of carbonyl (C=O) groups excluding carboxylic acids is 1. The number of hydrogen-bond acceptors (Lipinski definition) is 4. The third kappa shape index (κ3) is 2.44. The lowest BCUT2D eigenvalue weighted by Gasteiger charge is -2.26. The highest BCUT2D eigenvalue weighted by molar-refractivity contribution is 5.92. The second kappa shape index (κ2) is 5.70. The fourth-order valence-electron chi connectivity index (χ4n) is 3.36. The van der Waals surface area contributed by atoms with E-state index in [9.17, 15) is 9.18 Å². The van der Waals surface area contributed by atoms with Crippen molar-refractivity contribution in [1.29, 1.82) is 0 Å². The molecule has 1 saturated heterocycles. The topological polar surface area (TPSA) is 50.5 Å². The van der Waals surface area contributed by atoms with Gasteiger partial charge in [0.2, 0.25) is 0 Å². The highest BCUT2D eigenvalue weighted by Gasteiger charge is 2.28. The van der Waals surface area contributed by atoms with Crippen LogP contribution in [0.2, 0.25) is 0 Å². The predicted molar refractivity (Wildman–Crippen MR) is 88.7 cm³/mol. The summed E-state index contributed by atoms with van der Waals surface area (Å²) in [6.07, 6.45) is 3.51. The van der Waals surface area contributed by atoms with Crippen molar-refractivity contribution in [2.24, 2.45) is 0 Å². The Balaban J connectivity index is 1.75. The van der Waals surface area contributed by atoms with Gasteiger partial charge >= 0.3 is 0 Å². The Kier molecular flexibility index (Phi) is 3.52. The molecule has 1 aliphatic rings. The quantitative estimate of drug-likeness (QED) is 0.693. The molecule has 1 aliphatic heterocycles. The number of halogens is 1. The monoisotopic (exact) mass is 324 g/mol. The number of ketones is 1. The Hall–Kier alpha value is -2.76. The smallest absolute Gasteiger partial charge is 0.179 e. The molecule has 1 fully saturated rings. The van der Waals surface area contributed by atoms with Crippen LogP contribution in [0, 0.1) is 5.82 Å². The van der Waals surface area contributed by atoms with E-state index < -0.39 is 0 Å². The van der Waals surface area contributed by atoms with Crippen molar-refractivity contribution in [3.05, 3.63) is 59.7 Å². The van der Waals surface area contributed by atoms with Crippen molar-refractivity contribution in [3.8, 4) is 0 Å². The maximum atomic E-state index is 13.6. The van der Waals surface area contributed by atoms with Crippen LogP contribution in [0.25, 0.3) is 5.65 Å². The van der Waals surface area contributed by atoms with Gasteiger partial charge in [0.05, 0.1) is 12.2 Å². The SMILES string of the molecule is CC(=O)c1cnc2ccc(N3CCC[C@@H]3c3cccc(F)c3)nn12. The van der Waals surface area contributed by atoms with Gasteiger partial charge in [-0.05, 0) is 42.7 Å². The maximum Gasteiger partial charge on any atom is 0.179 e. The summed E-state index contributed by atoms with van der Waals surface area (Å²) in [5, 5.41) is 4.60. The first kappa shape index (κ1) is 14.8. The minimum absolute atomic E-state index is 0.0738. The molecule has 24 heavy (non-hydrogen) atoms. The van der Waals surface area contributed by atoms with E-state index in [4.69, 9.17) is 0 Å². The number of anilines is 1. The molecular weight excluding hydrogens is 307 g/mol. The summed E-state index contributed by atoms with van der Waals surface area (Å²) < 4.78 is 15.2. The van der Waals surface area contributed by atoms with Crippen LogP contribution in [0.1, 0.15) is 41.9 Å². The van der Waals surface area contributed by atoms with Gasteiger partial charge in [0.25, 0.3) is 0 Å². The summed E-state index contributed by atoms with van der Waals surface area (Å²) in [4.78, 5) is 18.1. The number of benzene rings is 1. The third-order valence-corrected chi connectivity index (χ3v) is 4.49. The van der Waals surface area contributed by atoms with Gasteiger partial charge in [0.15, 0.2) is 11.4 Å². The Labute approximate surface area is 138 Å². The molecule has 3 aromatic rings. The van der Waals surface area contributed by atoms with Crippen LogP contribution < -0.4 is 4.90 Å². The van der Waals surface area contributed by atoms with Crippen LogP contribution >= 0.6 is 0 Å². The molecule has 3 heterocycles. The number of fused-ring (bicyclic) bond motifs is 1. The molecule has 6 heteroatoms. The van der Waals surface area contributed by atoms with Gasteiger partial charge in [-0.2, -0.15) is 0 Å². The number of Topliss-reactive ketones (excluding diaryl/α,β-unsaturated/α-hetero) is 1. The Morgan fingerprint density at radius 3 is 2.96 bits per heavy atom. The minimum atomic E-state index is -0.226. The highest BCUT2D eigenvalue weighted by atomic mass is 19.1. The summed E-state index contributed by atoms with van der Waals surface area (Å²) in [6.45, 7) is 2.35. The summed E-state index contributed by atoms with van der Waals surface area (Å²) in [7, 11) is 0. The molecule has 1 aromatic carbocycles. The van der Waals surface area contributed by atoms with Crippen LogP contribution in [-0.2, 0) is 0 Å². The first-order valence-corrected chi connectivity index (χ1v) is 8.01. The van der Waals surface area contributed by atoms with E-state index in [1.807, 2.05) is 18.2 Å². The molecule has 122 valence electrons. The van der Waals surface area contributed by atoms with Crippen molar-refractivity contribution < 1.29 is 9.18 Å². The van der Waals surface area contributed by atoms with Crippen molar-refractivity contribution in [2.45, 2.75) is 25.8 Å². The Morgan fingerprint density at radius 1 is 1.29 bits per heavy atom. The molecule has 0 radical (unpaired) electrons. The van der Waals surface area contributed by atoms with Gasteiger partial charge in [-0.3, -0.25) is 4.79 Å². The van der Waals surface area contributed by atoms with E-state index in [1.54, 1.807) is 22.8 Å². The lowest BCUT2D eigenvalue weighted by atomic mass is 10.0. The molecule has 1 atom stereocenters. The first-order chi connectivity index (χ1) is 11.6. The molecular formula is C18H17FN4O. The number of carbonyl (C=O) groups is 1. The number of aromatic nitrogens is 3. The normalized spacial score (nSPS) is 17.6. The standard InChI is InChI=1S/C18H17FN4O/c1-12(24)16-11-20-17-7-8-18(21-23(16)17)22-9-3-6-15(22)13-4-2-5-14(19)10-13/h2,4-5,7-8,10-11,15H,3,6,9H2,1H3/t15-/m1/s1. The molecule has 0 unspecified atom stereocenters. The zero-order valence-electron chi connectivity index (χ0n) is 13.3. The summed E-state index contributed by atoms with van der Waals surface area (Å²) >= 11 is 0. The molecule has 0 amide bonds. The molecule has 0 aliphatic carbocycles. The fraction of sp³-hybridized carbons (Fsp3) is 0.278. The van der Waals surface area contributed by atoms with Crippen LogP contribution in [0.15, 0.2) is 42.6 Å². The van der Waals surface area contributed by atoms with Crippen LogP contribution in [0.3, 0.4) is 0 Å². The molecule has 5 nitrogen and oxygen atoms in total. The van der Waals surface area contributed by atoms with E-state index >= 15 is 0 Å².